The maximum Gasteiger partial charge on any atom is 0.242 e. The Labute approximate surface area is 164 Å². The fourth-order valence-corrected chi connectivity index (χ4v) is 2.79. The van der Waals surface area contributed by atoms with Gasteiger partial charge in [0.2, 0.25) is 5.91 Å². The summed E-state index contributed by atoms with van der Waals surface area (Å²) in [6.07, 6.45) is 2.22. The fourth-order valence-electron chi connectivity index (χ4n) is 2.79. The fraction of sp³-hybridized carbons (Fsp3) is 0.619. The molecule has 1 aromatic rings. The lowest BCUT2D eigenvalue weighted by Gasteiger charge is -2.21. The quantitative estimate of drug-likeness (QED) is 0.388. The number of benzene rings is 1. The van der Waals surface area contributed by atoms with Gasteiger partial charge in [-0.1, -0.05) is 44.2 Å². The minimum absolute atomic E-state index is 0.0785. The van der Waals surface area contributed by atoms with Crippen LogP contribution < -0.4 is 16.0 Å². The number of carbonyl (C=O) groups excluding carboxylic acids is 1. The molecule has 1 unspecified atom stereocenters. The van der Waals surface area contributed by atoms with E-state index >= 15 is 0 Å². The Morgan fingerprint density at radius 1 is 1.11 bits per heavy atom. The number of rotatable bonds is 12. The van der Waals surface area contributed by atoms with E-state index in [1.165, 1.54) is 0 Å². The van der Waals surface area contributed by atoms with Gasteiger partial charge in [0.25, 0.3) is 0 Å². The molecule has 0 heterocycles. The molecular weight excluding hydrogens is 338 g/mol. The summed E-state index contributed by atoms with van der Waals surface area (Å²) in [5.74, 6) is 0.618. The van der Waals surface area contributed by atoms with Crippen LogP contribution >= 0.6 is 0 Å². The van der Waals surface area contributed by atoms with Crippen molar-refractivity contribution in [1.29, 1.82) is 0 Å². The van der Waals surface area contributed by atoms with Gasteiger partial charge in [0, 0.05) is 19.1 Å². The van der Waals surface area contributed by atoms with Crippen LogP contribution in [0.2, 0.25) is 0 Å². The number of hydrogen-bond acceptors (Lipinski definition) is 3. The first-order valence-corrected chi connectivity index (χ1v) is 10.2. The largest absolute Gasteiger partial charge is 0.357 e. The molecule has 0 aliphatic carbocycles. The highest BCUT2D eigenvalue weighted by Gasteiger charge is 2.07. The van der Waals surface area contributed by atoms with Crippen molar-refractivity contribution in [2.75, 3.05) is 32.7 Å². The summed E-state index contributed by atoms with van der Waals surface area (Å²) in [7, 11) is 0. The van der Waals surface area contributed by atoms with Crippen molar-refractivity contribution in [1.82, 2.24) is 20.9 Å². The van der Waals surface area contributed by atoms with Crippen LogP contribution in [0.4, 0.5) is 0 Å². The average Bonchev–Trinajstić information content (AvgIpc) is 2.69. The number of carbonyl (C=O) groups is 1. The lowest BCUT2D eigenvalue weighted by molar-refractivity contribution is -0.119. The van der Waals surface area contributed by atoms with Crippen molar-refractivity contribution in [3.05, 3.63) is 35.9 Å². The summed E-state index contributed by atoms with van der Waals surface area (Å²) in [6.45, 7) is 13.3. The number of hydrogen-bond donors (Lipinski definition) is 3. The Kier molecular flexibility index (Phi) is 11.9. The van der Waals surface area contributed by atoms with Gasteiger partial charge < -0.3 is 20.9 Å². The molecule has 27 heavy (non-hydrogen) atoms. The van der Waals surface area contributed by atoms with Gasteiger partial charge in [0.1, 0.15) is 6.54 Å². The van der Waals surface area contributed by atoms with E-state index < -0.39 is 0 Å². The molecule has 1 rings (SSSR count). The van der Waals surface area contributed by atoms with Crippen LogP contribution in [0.1, 0.15) is 46.1 Å². The Hall–Kier alpha value is -2.08. The van der Waals surface area contributed by atoms with Crippen molar-refractivity contribution in [2.24, 2.45) is 4.99 Å². The third-order valence-corrected chi connectivity index (χ3v) is 4.45. The molecule has 0 spiro atoms. The first kappa shape index (κ1) is 23.0. The predicted molar refractivity (Wildman–Crippen MR) is 114 cm³/mol. The highest BCUT2D eigenvalue weighted by molar-refractivity contribution is 5.85. The van der Waals surface area contributed by atoms with Crippen LogP contribution in [0.3, 0.4) is 0 Å². The lowest BCUT2D eigenvalue weighted by atomic mass is 10.2. The van der Waals surface area contributed by atoms with E-state index in [1.807, 2.05) is 37.3 Å². The highest BCUT2D eigenvalue weighted by Crippen LogP contribution is 2.00. The predicted octanol–water partition coefficient (Wildman–Crippen LogP) is 2.37. The zero-order valence-electron chi connectivity index (χ0n) is 17.4. The second-order valence-corrected chi connectivity index (χ2v) is 6.67. The highest BCUT2D eigenvalue weighted by atomic mass is 16.1. The number of nitrogens with one attached hydrogen (secondary N) is 3. The van der Waals surface area contributed by atoms with E-state index in [4.69, 9.17) is 0 Å². The average molecular weight is 376 g/mol. The summed E-state index contributed by atoms with van der Waals surface area (Å²) < 4.78 is 0. The molecule has 152 valence electrons. The second kappa shape index (κ2) is 14.0. The van der Waals surface area contributed by atoms with Crippen LogP contribution in [0.15, 0.2) is 35.3 Å². The molecule has 0 fully saturated rings. The van der Waals surface area contributed by atoms with Gasteiger partial charge >= 0.3 is 0 Å². The molecule has 0 radical (unpaired) electrons. The van der Waals surface area contributed by atoms with Crippen molar-refractivity contribution in [3.8, 4) is 0 Å². The summed E-state index contributed by atoms with van der Waals surface area (Å²) >= 11 is 0. The van der Waals surface area contributed by atoms with Crippen molar-refractivity contribution < 1.29 is 4.79 Å². The number of nitrogens with zero attached hydrogens (tertiary/aromatic N) is 2. The minimum atomic E-state index is -0.0785. The molecule has 0 saturated heterocycles. The van der Waals surface area contributed by atoms with Crippen molar-refractivity contribution in [2.45, 2.75) is 53.1 Å². The first-order chi connectivity index (χ1) is 13.1. The monoisotopic (exact) mass is 375 g/mol. The number of aliphatic imine (C=N–C) groups is 1. The van der Waals surface area contributed by atoms with Gasteiger partial charge in [0.05, 0.1) is 0 Å². The SMILES string of the molecule is CCNC(=NCC(=O)NCc1ccccc1)NC(C)CCCN(CC)CC. The first-order valence-electron chi connectivity index (χ1n) is 10.2. The second-order valence-electron chi connectivity index (χ2n) is 6.67. The van der Waals surface area contributed by atoms with Gasteiger partial charge in [-0.2, -0.15) is 0 Å². The smallest absolute Gasteiger partial charge is 0.242 e. The Balaban J connectivity index is 2.38. The zero-order chi connectivity index (χ0) is 19.9. The third kappa shape index (κ3) is 10.6. The third-order valence-electron chi connectivity index (χ3n) is 4.45. The minimum Gasteiger partial charge on any atom is -0.357 e. The molecule has 1 atom stereocenters. The summed E-state index contributed by atoms with van der Waals surface area (Å²) in [5, 5.41) is 9.51. The lowest BCUT2D eigenvalue weighted by Crippen LogP contribution is -2.43. The van der Waals surface area contributed by atoms with E-state index in [0.717, 1.165) is 44.6 Å². The van der Waals surface area contributed by atoms with E-state index in [9.17, 15) is 4.79 Å². The Morgan fingerprint density at radius 2 is 1.81 bits per heavy atom. The van der Waals surface area contributed by atoms with Crippen molar-refractivity contribution >= 4 is 11.9 Å². The molecule has 0 aromatic heterocycles. The maximum atomic E-state index is 12.0. The zero-order valence-corrected chi connectivity index (χ0v) is 17.4. The Morgan fingerprint density at radius 3 is 2.44 bits per heavy atom. The summed E-state index contributed by atoms with van der Waals surface area (Å²) in [6, 6.07) is 10.2. The molecule has 0 aliphatic rings. The van der Waals surface area contributed by atoms with Crippen LogP contribution in [-0.4, -0.2) is 55.5 Å². The van der Waals surface area contributed by atoms with Gasteiger partial charge in [-0.3, -0.25) is 4.79 Å². The van der Waals surface area contributed by atoms with E-state index in [2.05, 4.69) is 46.6 Å². The molecule has 6 nitrogen and oxygen atoms in total. The number of amides is 1. The van der Waals surface area contributed by atoms with E-state index in [-0.39, 0.29) is 12.5 Å². The van der Waals surface area contributed by atoms with Crippen LogP contribution in [-0.2, 0) is 11.3 Å². The van der Waals surface area contributed by atoms with Gasteiger partial charge in [-0.15, -0.1) is 0 Å². The number of guanidine groups is 1. The topological polar surface area (TPSA) is 68.8 Å². The normalized spacial score (nSPS) is 12.7. The van der Waals surface area contributed by atoms with Gasteiger partial charge in [0.15, 0.2) is 5.96 Å². The van der Waals surface area contributed by atoms with Gasteiger partial charge in [-0.05, 0) is 51.9 Å². The molecule has 1 aromatic carbocycles. The van der Waals surface area contributed by atoms with E-state index in [0.29, 0.717) is 18.5 Å². The van der Waals surface area contributed by atoms with Crippen LogP contribution in [0.5, 0.6) is 0 Å². The standard InChI is InChI=1S/C21H37N5O/c1-5-22-21(25-18(4)12-11-15-26(6-2)7-3)24-17-20(27)23-16-19-13-9-8-10-14-19/h8-10,13-14,18H,5-7,11-12,15-17H2,1-4H3,(H,23,27)(H2,22,24,25). The van der Waals surface area contributed by atoms with Crippen LogP contribution in [0, 0.1) is 0 Å². The summed E-state index contributed by atoms with van der Waals surface area (Å²) in [5.41, 5.74) is 1.08. The Bertz CT molecular complexity index is 543. The molecule has 0 saturated carbocycles. The summed E-state index contributed by atoms with van der Waals surface area (Å²) in [4.78, 5) is 18.9. The van der Waals surface area contributed by atoms with E-state index in [1.54, 1.807) is 0 Å². The molecule has 6 heteroatoms. The molecule has 0 bridgehead atoms. The molecule has 3 N–H and O–H groups in total. The maximum absolute atomic E-state index is 12.0. The van der Waals surface area contributed by atoms with Gasteiger partial charge in [-0.25, -0.2) is 4.99 Å². The van der Waals surface area contributed by atoms with Crippen LogP contribution in [0.25, 0.3) is 0 Å². The molecule has 1 amide bonds. The molecular formula is C21H37N5O. The van der Waals surface area contributed by atoms with Crippen molar-refractivity contribution in [3.63, 3.8) is 0 Å². The molecule has 0 aliphatic heterocycles.